The number of rotatable bonds is 10. The van der Waals surface area contributed by atoms with E-state index in [1.165, 1.54) is 6.42 Å². The maximum Gasteiger partial charge on any atom is 0.261 e. The summed E-state index contributed by atoms with van der Waals surface area (Å²) in [7, 11) is 0. The summed E-state index contributed by atoms with van der Waals surface area (Å²) in [6, 6.07) is 21.1. The number of hydrogen-bond acceptors (Lipinski definition) is 3. The molecule has 2 amide bonds. The maximum atomic E-state index is 13.9. The SMILES string of the molecule is Cc1cc(OCC(=O)N(Cc2cccc(Br)c2)C(Cc2ccccc2)C(=O)NC2CCCCC2)cc(C)c1Br. The van der Waals surface area contributed by atoms with Crippen LogP contribution in [-0.4, -0.2) is 35.4 Å². The van der Waals surface area contributed by atoms with Crippen molar-refractivity contribution in [3.05, 3.63) is 97.9 Å². The molecule has 3 aromatic carbocycles. The number of carbonyl (C=O) groups excluding carboxylic acids is 2. The molecule has 1 saturated carbocycles. The van der Waals surface area contributed by atoms with Crippen LogP contribution in [0.1, 0.15) is 54.4 Å². The molecule has 7 heteroatoms. The summed E-state index contributed by atoms with van der Waals surface area (Å²) in [6.07, 6.45) is 5.84. The van der Waals surface area contributed by atoms with Gasteiger partial charge in [-0.25, -0.2) is 0 Å². The van der Waals surface area contributed by atoms with Gasteiger partial charge < -0.3 is 15.0 Å². The minimum atomic E-state index is -0.669. The summed E-state index contributed by atoms with van der Waals surface area (Å²) in [5.41, 5.74) is 4.03. The molecule has 0 bridgehead atoms. The highest BCUT2D eigenvalue weighted by Crippen LogP contribution is 2.27. The first-order chi connectivity index (χ1) is 18.8. The number of nitrogens with zero attached hydrogens (tertiary/aromatic N) is 1. The molecule has 0 saturated heterocycles. The molecule has 3 aromatic rings. The topological polar surface area (TPSA) is 58.6 Å². The lowest BCUT2D eigenvalue weighted by atomic mass is 9.94. The molecule has 0 radical (unpaired) electrons. The van der Waals surface area contributed by atoms with Crippen molar-refractivity contribution >= 4 is 43.7 Å². The first-order valence-corrected chi connectivity index (χ1v) is 15.2. The second-order valence-electron chi connectivity index (χ2n) is 10.4. The van der Waals surface area contributed by atoms with Crippen molar-refractivity contribution in [2.45, 2.75) is 71.0 Å². The van der Waals surface area contributed by atoms with Gasteiger partial charge in [0.25, 0.3) is 5.91 Å². The number of nitrogens with one attached hydrogen (secondary N) is 1. The Morgan fingerprint density at radius 1 is 0.923 bits per heavy atom. The molecule has 0 aromatic heterocycles. The van der Waals surface area contributed by atoms with E-state index in [1.807, 2.05) is 80.6 Å². The molecule has 5 nitrogen and oxygen atoms in total. The number of benzene rings is 3. The number of halogens is 2. The molecule has 1 aliphatic carbocycles. The van der Waals surface area contributed by atoms with Gasteiger partial charge in [-0.1, -0.05) is 93.6 Å². The summed E-state index contributed by atoms with van der Waals surface area (Å²) in [4.78, 5) is 29.4. The Morgan fingerprint density at radius 2 is 1.59 bits per heavy atom. The molecule has 206 valence electrons. The van der Waals surface area contributed by atoms with Crippen LogP contribution in [0.25, 0.3) is 0 Å². The molecule has 1 N–H and O–H groups in total. The van der Waals surface area contributed by atoms with Gasteiger partial charge in [0.2, 0.25) is 5.91 Å². The van der Waals surface area contributed by atoms with Crippen molar-refractivity contribution in [1.29, 1.82) is 0 Å². The Balaban J connectivity index is 1.62. The van der Waals surface area contributed by atoms with Crippen LogP contribution in [0, 0.1) is 13.8 Å². The maximum absolute atomic E-state index is 13.9. The Labute approximate surface area is 248 Å². The lowest BCUT2D eigenvalue weighted by Crippen LogP contribution is -2.53. The van der Waals surface area contributed by atoms with Crippen LogP contribution in [0.15, 0.2) is 75.7 Å². The van der Waals surface area contributed by atoms with E-state index < -0.39 is 6.04 Å². The average Bonchev–Trinajstić information content (AvgIpc) is 2.93. The van der Waals surface area contributed by atoms with Gasteiger partial charge in [-0.05, 0) is 73.2 Å². The molecule has 4 rings (SSSR count). The number of carbonyl (C=O) groups is 2. The van der Waals surface area contributed by atoms with Crippen molar-refractivity contribution in [2.24, 2.45) is 0 Å². The third-order valence-electron chi connectivity index (χ3n) is 7.24. The molecule has 1 fully saturated rings. The van der Waals surface area contributed by atoms with E-state index in [0.717, 1.165) is 56.9 Å². The highest BCUT2D eigenvalue weighted by Gasteiger charge is 2.32. The van der Waals surface area contributed by atoms with E-state index in [0.29, 0.717) is 18.7 Å². The number of ether oxygens (including phenoxy) is 1. The fourth-order valence-corrected chi connectivity index (χ4v) is 5.82. The molecule has 0 heterocycles. The highest BCUT2D eigenvalue weighted by molar-refractivity contribution is 9.10. The highest BCUT2D eigenvalue weighted by atomic mass is 79.9. The quantitative estimate of drug-likeness (QED) is 0.249. The molecule has 39 heavy (non-hydrogen) atoms. The molecular formula is C32H36Br2N2O3. The molecule has 1 atom stereocenters. The average molecular weight is 656 g/mol. The van der Waals surface area contributed by atoms with E-state index in [4.69, 9.17) is 4.74 Å². The monoisotopic (exact) mass is 654 g/mol. The second kappa shape index (κ2) is 14.1. The van der Waals surface area contributed by atoms with Crippen LogP contribution in [0.2, 0.25) is 0 Å². The van der Waals surface area contributed by atoms with Gasteiger partial charge in [-0.15, -0.1) is 0 Å². The van der Waals surface area contributed by atoms with E-state index in [-0.39, 0.29) is 24.5 Å². The van der Waals surface area contributed by atoms with Crippen LogP contribution in [0.4, 0.5) is 0 Å². The first-order valence-electron chi connectivity index (χ1n) is 13.6. The van der Waals surface area contributed by atoms with Gasteiger partial charge >= 0.3 is 0 Å². The molecule has 1 unspecified atom stereocenters. The van der Waals surface area contributed by atoms with Crippen LogP contribution in [0.3, 0.4) is 0 Å². The van der Waals surface area contributed by atoms with E-state index in [9.17, 15) is 9.59 Å². The fourth-order valence-electron chi connectivity index (χ4n) is 5.15. The largest absolute Gasteiger partial charge is 0.484 e. The summed E-state index contributed by atoms with van der Waals surface area (Å²) in [5.74, 6) is 0.299. The summed E-state index contributed by atoms with van der Waals surface area (Å²) < 4.78 is 7.96. The van der Waals surface area contributed by atoms with Gasteiger partial charge in [0.15, 0.2) is 6.61 Å². The summed E-state index contributed by atoms with van der Waals surface area (Å²) in [5, 5.41) is 3.28. The van der Waals surface area contributed by atoms with E-state index >= 15 is 0 Å². The molecule has 0 aliphatic heterocycles. The third-order valence-corrected chi connectivity index (χ3v) is 8.98. The molecule has 1 aliphatic rings. The third kappa shape index (κ3) is 8.42. The van der Waals surface area contributed by atoms with Crippen molar-refractivity contribution in [2.75, 3.05) is 6.61 Å². The van der Waals surface area contributed by atoms with Crippen molar-refractivity contribution < 1.29 is 14.3 Å². The predicted molar refractivity (Wildman–Crippen MR) is 163 cm³/mol. The molecular weight excluding hydrogens is 620 g/mol. The van der Waals surface area contributed by atoms with Crippen LogP contribution < -0.4 is 10.1 Å². The van der Waals surface area contributed by atoms with Crippen LogP contribution in [-0.2, 0) is 22.6 Å². The van der Waals surface area contributed by atoms with E-state index in [1.54, 1.807) is 4.90 Å². The van der Waals surface area contributed by atoms with Crippen molar-refractivity contribution in [3.63, 3.8) is 0 Å². The zero-order valence-corrected chi connectivity index (χ0v) is 25.8. The normalized spacial score (nSPS) is 14.5. The van der Waals surface area contributed by atoms with Gasteiger partial charge in [-0.3, -0.25) is 9.59 Å². The minimum absolute atomic E-state index is 0.107. The van der Waals surface area contributed by atoms with Gasteiger partial charge in [0.1, 0.15) is 11.8 Å². The van der Waals surface area contributed by atoms with Gasteiger partial charge in [0.05, 0.1) is 0 Å². The Kier molecular flexibility index (Phi) is 10.6. The van der Waals surface area contributed by atoms with Crippen LogP contribution in [0.5, 0.6) is 5.75 Å². The summed E-state index contributed by atoms with van der Waals surface area (Å²) >= 11 is 7.13. The zero-order valence-electron chi connectivity index (χ0n) is 22.6. The number of amides is 2. The first kappa shape index (κ1) is 29.3. The predicted octanol–water partition coefficient (Wildman–Crippen LogP) is 7.30. The second-order valence-corrected chi connectivity index (χ2v) is 12.1. The van der Waals surface area contributed by atoms with Crippen molar-refractivity contribution in [3.8, 4) is 5.75 Å². The van der Waals surface area contributed by atoms with Gasteiger partial charge in [-0.2, -0.15) is 0 Å². The standard InChI is InChI=1S/C32H36Br2N2O3/c1-22-16-28(17-23(2)31(22)34)39-21-30(37)36(20-25-12-9-13-26(33)18-25)29(19-24-10-5-3-6-11-24)32(38)35-27-14-7-4-8-15-27/h3,5-6,9-13,16-18,27,29H,4,7-8,14-15,19-21H2,1-2H3,(H,35,38). The Bertz CT molecular complexity index is 1250. The fraction of sp³-hybridized carbons (Fsp3) is 0.375. The van der Waals surface area contributed by atoms with E-state index in [2.05, 4.69) is 37.2 Å². The summed E-state index contributed by atoms with van der Waals surface area (Å²) in [6.45, 7) is 4.14. The molecule has 0 spiro atoms. The van der Waals surface area contributed by atoms with Gasteiger partial charge in [0, 0.05) is 28.0 Å². The Morgan fingerprint density at radius 3 is 2.26 bits per heavy atom. The smallest absolute Gasteiger partial charge is 0.261 e. The number of hydrogen-bond donors (Lipinski definition) is 1. The lowest BCUT2D eigenvalue weighted by Gasteiger charge is -2.33. The minimum Gasteiger partial charge on any atom is -0.484 e. The van der Waals surface area contributed by atoms with Crippen molar-refractivity contribution in [1.82, 2.24) is 10.2 Å². The Hall–Kier alpha value is -2.64. The zero-order chi connectivity index (χ0) is 27.8. The number of aryl methyl sites for hydroxylation is 2. The lowest BCUT2D eigenvalue weighted by molar-refractivity contribution is -0.143. The van der Waals surface area contributed by atoms with Crippen LogP contribution >= 0.6 is 31.9 Å².